The summed E-state index contributed by atoms with van der Waals surface area (Å²) in [6.07, 6.45) is 5.66. The highest BCUT2D eigenvalue weighted by Crippen LogP contribution is 2.13. The Morgan fingerprint density at radius 1 is 1.24 bits per heavy atom. The molecule has 1 aliphatic rings. The summed E-state index contributed by atoms with van der Waals surface area (Å²) in [6, 6.07) is 3.54. The smallest absolute Gasteiger partial charge is 0.333 e. The standard InChI is InChI=1S/C16H22F2N6O/c1-13(12-23-8-2-5-19-23)21-6-3-7-22(11-10-21)15(25)14-4-9-24(20-14)16(17)18/h2,4-5,8-9,13,16H,3,6-7,10-12H2,1H3. The fraction of sp³-hybridized carbons (Fsp3) is 0.562. The Balaban J connectivity index is 1.57. The van der Waals surface area contributed by atoms with Crippen molar-refractivity contribution >= 4 is 5.91 Å². The van der Waals surface area contributed by atoms with Crippen molar-refractivity contribution in [3.05, 3.63) is 36.4 Å². The van der Waals surface area contributed by atoms with E-state index < -0.39 is 6.55 Å². The van der Waals surface area contributed by atoms with E-state index in [2.05, 4.69) is 22.0 Å². The average molecular weight is 352 g/mol. The van der Waals surface area contributed by atoms with E-state index in [1.54, 1.807) is 11.1 Å². The lowest BCUT2D eigenvalue weighted by atomic mass is 10.2. The van der Waals surface area contributed by atoms with Gasteiger partial charge in [0.15, 0.2) is 5.69 Å². The van der Waals surface area contributed by atoms with Crippen LogP contribution in [0.2, 0.25) is 0 Å². The third kappa shape index (κ3) is 4.22. The first-order valence-electron chi connectivity index (χ1n) is 8.38. The zero-order valence-corrected chi connectivity index (χ0v) is 14.1. The molecule has 0 saturated carbocycles. The van der Waals surface area contributed by atoms with Crippen LogP contribution in [0.3, 0.4) is 0 Å². The molecule has 1 saturated heterocycles. The minimum absolute atomic E-state index is 0.0679. The first-order chi connectivity index (χ1) is 12.0. The molecule has 0 spiro atoms. The van der Waals surface area contributed by atoms with Gasteiger partial charge >= 0.3 is 6.55 Å². The molecule has 7 nitrogen and oxygen atoms in total. The van der Waals surface area contributed by atoms with E-state index in [9.17, 15) is 13.6 Å². The number of aromatic nitrogens is 4. The lowest BCUT2D eigenvalue weighted by molar-refractivity contribution is 0.0551. The lowest BCUT2D eigenvalue weighted by Gasteiger charge is -2.27. The normalized spacial score (nSPS) is 17.7. The Morgan fingerprint density at radius 2 is 2.08 bits per heavy atom. The maximum Gasteiger partial charge on any atom is 0.333 e. The van der Waals surface area contributed by atoms with E-state index in [0.29, 0.717) is 23.8 Å². The highest BCUT2D eigenvalue weighted by molar-refractivity contribution is 5.92. The largest absolute Gasteiger partial charge is 0.336 e. The van der Waals surface area contributed by atoms with E-state index in [1.807, 2.05) is 16.9 Å². The topological polar surface area (TPSA) is 59.2 Å². The highest BCUT2D eigenvalue weighted by atomic mass is 19.3. The quantitative estimate of drug-likeness (QED) is 0.822. The molecule has 1 fully saturated rings. The third-order valence-electron chi connectivity index (χ3n) is 4.48. The second kappa shape index (κ2) is 7.73. The Hall–Kier alpha value is -2.29. The number of carbonyl (C=O) groups excluding carboxylic acids is 1. The van der Waals surface area contributed by atoms with Crippen LogP contribution in [-0.2, 0) is 6.54 Å². The van der Waals surface area contributed by atoms with Crippen LogP contribution in [0, 0.1) is 0 Å². The summed E-state index contributed by atoms with van der Waals surface area (Å²) in [5, 5.41) is 7.90. The Bertz CT molecular complexity index is 687. The summed E-state index contributed by atoms with van der Waals surface area (Å²) in [4.78, 5) is 16.5. The summed E-state index contributed by atoms with van der Waals surface area (Å²) >= 11 is 0. The van der Waals surface area contributed by atoms with Crippen LogP contribution in [0.1, 0.15) is 30.4 Å². The van der Waals surface area contributed by atoms with Crippen molar-refractivity contribution in [3.8, 4) is 0 Å². The van der Waals surface area contributed by atoms with Crippen LogP contribution in [0.25, 0.3) is 0 Å². The van der Waals surface area contributed by atoms with E-state index >= 15 is 0 Å². The number of amides is 1. The first kappa shape index (κ1) is 17.5. The molecule has 136 valence electrons. The van der Waals surface area contributed by atoms with Crippen molar-refractivity contribution in [2.45, 2.75) is 32.5 Å². The van der Waals surface area contributed by atoms with Gasteiger partial charge in [0, 0.05) is 50.8 Å². The van der Waals surface area contributed by atoms with Gasteiger partial charge in [0.25, 0.3) is 5.91 Å². The van der Waals surface area contributed by atoms with Gasteiger partial charge < -0.3 is 4.90 Å². The summed E-state index contributed by atoms with van der Waals surface area (Å²) in [7, 11) is 0. The van der Waals surface area contributed by atoms with Crippen LogP contribution in [-0.4, -0.2) is 67.5 Å². The monoisotopic (exact) mass is 352 g/mol. The second-order valence-electron chi connectivity index (χ2n) is 6.22. The van der Waals surface area contributed by atoms with Crippen molar-refractivity contribution in [1.82, 2.24) is 29.4 Å². The minimum atomic E-state index is -2.73. The zero-order chi connectivity index (χ0) is 17.8. The second-order valence-corrected chi connectivity index (χ2v) is 6.22. The summed E-state index contributed by atoms with van der Waals surface area (Å²) in [5.41, 5.74) is 0.0679. The fourth-order valence-electron chi connectivity index (χ4n) is 3.10. The molecule has 0 bridgehead atoms. The molecule has 1 amide bonds. The van der Waals surface area contributed by atoms with E-state index in [-0.39, 0.29) is 11.6 Å². The predicted octanol–water partition coefficient (Wildman–Crippen LogP) is 1.71. The molecule has 0 aromatic carbocycles. The van der Waals surface area contributed by atoms with Crippen molar-refractivity contribution in [3.63, 3.8) is 0 Å². The molecule has 0 N–H and O–H groups in total. The van der Waals surface area contributed by atoms with E-state index in [1.165, 1.54) is 6.07 Å². The molecular formula is C16H22F2N6O. The summed E-state index contributed by atoms with van der Waals surface area (Å²) < 4.78 is 27.6. The number of alkyl halides is 2. The van der Waals surface area contributed by atoms with Gasteiger partial charge in [-0.2, -0.15) is 19.0 Å². The van der Waals surface area contributed by atoms with Gasteiger partial charge in [-0.05, 0) is 25.5 Å². The van der Waals surface area contributed by atoms with Crippen molar-refractivity contribution in [1.29, 1.82) is 0 Å². The molecule has 3 heterocycles. The van der Waals surface area contributed by atoms with Gasteiger partial charge in [0.05, 0.1) is 6.54 Å². The molecule has 25 heavy (non-hydrogen) atoms. The van der Waals surface area contributed by atoms with E-state index in [4.69, 9.17) is 0 Å². The number of halogens is 2. The van der Waals surface area contributed by atoms with Gasteiger partial charge in [-0.15, -0.1) is 0 Å². The van der Waals surface area contributed by atoms with Gasteiger partial charge in [-0.3, -0.25) is 14.4 Å². The third-order valence-corrected chi connectivity index (χ3v) is 4.48. The van der Waals surface area contributed by atoms with E-state index in [0.717, 1.165) is 32.3 Å². The average Bonchev–Trinajstić information content (AvgIpc) is 3.21. The van der Waals surface area contributed by atoms with Gasteiger partial charge in [-0.1, -0.05) is 0 Å². The van der Waals surface area contributed by atoms with Crippen LogP contribution in [0.4, 0.5) is 8.78 Å². The van der Waals surface area contributed by atoms with Gasteiger partial charge in [0.2, 0.25) is 0 Å². The van der Waals surface area contributed by atoms with Crippen LogP contribution >= 0.6 is 0 Å². The first-order valence-corrected chi connectivity index (χ1v) is 8.38. The molecule has 0 aliphatic carbocycles. The Kier molecular flexibility index (Phi) is 5.42. The van der Waals surface area contributed by atoms with Crippen LogP contribution < -0.4 is 0 Å². The maximum atomic E-state index is 12.6. The minimum Gasteiger partial charge on any atom is -0.336 e. The van der Waals surface area contributed by atoms with Crippen LogP contribution in [0.15, 0.2) is 30.7 Å². The number of hydrogen-bond acceptors (Lipinski definition) is 4. The molecule has 2 aromatic heterocycles. The maximum absolute atomic E-state index is 12.6. The molecular weight excluding hydrogens is 330 g/mol. The zero-order valence-electron chi connectivity index (χ0n) is 14.1. The molecule has 1 aliphatic heterocycles. The van der Waals surface area contributed by atoms with Crippen molar-refractivity contribution in [2.75, 3.05) is 26.2 Å². The molecule has 1 atom stereocenters. The highest BCUT2D eigenvalue weighted by Gasteiger charge is 2.24. The fourth-order valence-corrected chi connectivity index (χ4v) is 3.10. The SMILES string of the molecule is CC(Cn1cccn1)N1CCCN(C(=O)c2ccn(C(F)F)n2)CC1. The predicted molar refractivity (Wildman–Crippen MR) is 87.3 cm³/mol. The summed E-state index contributed by atoms with van der Waals surface area (Å²) in [5.74, 6) is -0.291. The molecule has 0 radical (unpaired) electrons. The molecule has 3 rings (SSSR count). The number of rotatable bonds is 5. The molecule has 9 heteroatoms. The van der Waals surface area contributed by atoms with Gasteiger partial charge in [0.1, 0.15) is 0 Å². The van der Waals surface area contributed by atoms with Crippen molar-refractivity contribution in [2.24, 2.45) is 0 Å². The lowest BCUT2D eigenvalue weighted by Crippen LogP contribution is -2.40. The Labute approximate surface area is 144 Å². The molecule has 1 unspecified atom stereocenters. The molecule has 2 aromatic rings. The number of nitrogens with zero attached hydrogens (tertiary/aromatic N) is 6. The Morgan fingerprint density at radius 3 is 2.76 bits per heavy atom. The van der Waals surface area contributed by atoms with Gasteiger partial charge in [-0.25, -0.2) is 4.68 Å². The summed E-state index contributed by atoms with van der Waals surface area (Å²) in [6.45, 7) is 2.99. The number of hydrogen-bond donors (Lipinski definition) is 0. The number of carbonyl (C=O) groups is 1. The van der Waals surface area contributed by atoms with Crippen LogP contribution in [0.5, 0.6) is 0 Å². The van der Waals surface area contributed by atoms with Crippen molar-refractivity contribution < 1.29 is 13.6 Å².